The van der Waals surface area contributed by atoms with Gasteiger partial charge in [-0.2, -0.15) is 13.2 Å². The predicted octanol–water partition coefficient (Wildman–Crippen LogP) is 7.95. The smallest absolute Gasteiger partial charge is 0.416 e. The van der Waals surface area contributed by atoms with Crippen molar-refractivity contribution in [1.29, 1.82) is 0 Å². The van der Waals surface area contributed by atoms with Crippen LogP contribution in [0.15, 0.2) is 73.2 Å². The van der Waals surface area contributed by atoms with Gasteiger partial charge in [0, 0.05) is 17.5 Å². The molecule has 2 unspecified atom stereocenters. The summed E-state index contributed by atoms with van der Waals surface area (Å²) >= 11 is 0. The van der Waals surface area contributed by atoms with Gasteiger partial charge in [-0.25, -0.2) is 9.18 Å². The SMILES string of the molecule is C=CN(/C=C(\C)NC(=O)C(COCc1ccccc1)NC(=O)C(C)(C)NC(=O)OC(C)(C)C)C(C(C)=O)c1ccc(C(F)(F)F)cc1F.CC.CC. The minimum Gasteiger partial charge on any atom is -0.444 e. The second-order valence-electron chi connectivity index (χ2n) is 12.5. The Bertz CT molecular complexity index is 1510. The molecular weight excluding hydrogens is 684 g/mol. The number of ether oxygens (including phenoxy) is 2. The van der Waals surface area contributed by atoms with E-state index in [0.717, 1.165) is 29.7 Å². The van der Waals surface area contributed by atoms with Gasteiger partial charge in [0.15, 0.2) is 5.78 Å². The molecule has 0 bridgehead atoms. The van der Waals surface area contributed by atoms with Crippen LogP contribution in [0.4, 0.5) is 22.4 Å². The number of halogens is 4. The lowest BCUT2D eigenvalue weighted by Gasteiger charge is -2.30. The fourth-order valence-corrected chi connectivity index (χ4v) is 4.29. The summed E-state index contributed by atoms with van der Waals surface area (Å²) in [5, 5.41) is 7.62. The number of alkyl carbamates (subject to hydrolysis) is 1. The molecule has 0 radical (unpaired) electrons. The van der Waals surface area contributed by atoms with E-state index in [4.69, 9.17) is 9.47 Å². The Morgan fingerprint density at radius 3 is 1.98 bits per heavy atom. The zero-order chi connectivity index (χ0) is 40.4. The van der Waals surface area contributed by atoms with Gasteiger partial charge in [0.1, 0.15) is 29.0 Å². The van der Waals surface area contributed by atoms with E-state index in [0.29, 0.717) is 12.1 Å². The number of benzene rings is 2. The predicted molar refractivity (Wildman–Crippen MR) is 193 cm³/mol. The van der Waals surface area contributed by atoms with E-state index in [1.54, 1.807) is 32.9 Å². The fraction of sp³-hybridized carbons (Fsp3) is 0.474. The minimum absolute atomic E-state index is 0.104. The maximum Gasteiger partial charge on any atom is 0.416 e. The van der Waals surface area contributed by atoms with Crippen molar-refractivity contribution >= 4 is 23.7 Å². The lowest BCUT2D eigenvalue weighted by Crippen LogP contribution is -2.60. The number of carbonyl (C=O) groups is 4. The van der Waals surface area contributed by atoms with Crippen LogP contribution in [-0.2, 0) is 36.6 Å². The average Bonchev–Trinajstić information content (AvgIpc) is 3.05. The molecular formula is C38H54F4N4O6. The van der Waals surface area contributed by atoms with Crippen LogP contribution in [0.5, 0.6) is 0 Å². The first-order valence-electron chi connectivity index (χ1n) is 16.8. The third-order valence-corrected chi connectivity index (χ3v) is 6.58. The highest BCUT2D eigenvalue weighted by atomic mass is 19.4. The summed E-state index contributed by atoms with van der Waals surface area (Å²) in [6.07, 6.45) is -3.25. The molecule has 2 aromatic rings. The van der Waals surface area contributed by atoms with Crippen molar-refractivity contribution in [2.75, 3.05) is 6.61 Å². The molecule has 0 heterocycles. The number of ketones is 1. The van der Waals surface area contributed by atoms with Crippen LogP contribution in [0.3, 0.4) is 0 Å². The van der Waals surface area contributed by atoms with Crippen molar-refractivity contribution in [3.63, 3.8) is 0 Å². The third-order valence-electron chi connectivity index (χ3n) is 6.58. The molecule has 0 spiro atoms. The summed E-state index contributed by atoms with van der Waals surface area (Å²) in [7, 11) is 0. The molecule has 0 aliphatic heterocycles. The molecule has 2 atom stereocenters. The molecule has 10 nitrogen and oxygen atoms in total. The number of rotatable bonds is 14. The lowest BCUT2D eigenvalue weighted by atomic mass is 9.99. The number of hydrogen-bond donors (Lipinski definition) is 3. The summed E-state index contributed by atoms with van der Waals surface area (Å²) in [4.78, 5) is 52.8. The lowest BCUT2D eigenvalue weighted by molar-refractivity contribution is -0.137. The number of alkyl halides is 3. The largest absolute Gasteiger partial charge is 0.444 e. The van der Waals surface area contributed by atoms with E-state index in [9.17, 15) is 36.7 Å². The van der Waals surface area contributed by atoms with Gasteiger partial charge in [-0.1, -0.05) is 70.7 Å². The number of hydrogen-bond acceptors (Lipinski definition) is 7. The second-order valence-corrected chi connectivity index (χ2v) is 12.5. The Labute approximate surface area is 305 Å². The first kappa shape index (κ1) is 47.3. The monoisotopic (exact) mass is 738 g/mol. The quantitative estimate of drug-likeness (QED) is 0.168. The number of allylic oxidation sites excluding steroid dienone is 1. The van der Waals surface area contributed by atoms with Gasteiger partial charge in [-0.15, -0.1) is 0 Å². The van der Waals surface area contributed by atoms with Crippen molar-refractivity contribution in [3.8, 4) is 0 Å². The van der Waals surface area contributed by atoms with Crippen molar-refractivity contribution in [3.05, 3.63) is 95.7 Å². The molecule has 0 aliphatic rings. The second kappa shape index (κ2) is 21.6. The molecule has 0 saturated carbocycles. The molecule has 0 saturated heterocycles. The van der Waals surface area contributed by atoms with E-state index >= 15 is 0 Å². The van der Waals surface area contributed by atoms with Crippen LogP contribution in [0, 0.1) is 5.82 Å². The molecule has 0 aromatic heterocycles. The number of Topliss-reactive ketones (excluding diaryl/α,β-unsaturated/α-hetero) is 1. The number of nitrogens with one attached hydrogen (secondary N) is 3. The Kier molecular flexibility index (Phi) is 19.6. The Hall–Kier alpha value is -4.72. The number of nitrogens with zero attached hydrogens (tertiary/aromatic N) is 1. The van der Waals surface area contributed by atoms with Gasteiger partial charge >= 0.3 is 12.3 Å². The standard InChI is InChI=1S/C34H42F4N4O6.2C2H6/c1-9-42(28(22(3)43)25-16-15-24(17-26(25)35)34(36,37)38)18-21(2)39-29(44)27(20-47-19-23-13-11-10-12-14-23)40-30(45)33(7,8)41-31(46)48-32(4,5)6;2*1-2/h9-18,27-28H,1,19-20H2,2-8H3,(H,39,44)(H,40,45)(H,41,46);2*1-2H3/b21-18+;;. The summed E-state index contributed by atoms with van der Waals surface area (Å²) in [5.74, 6) is -3.36. The maximum absolute atomic E-state index is 14.9. The normalized spacial score (nSPS) is 12.7. The van der Waals surface area contributed by atoms with Gasteiger partial charge in [0.25, 0.3) is 0 Å². The van der Waals surface area contributed by atoms with Crippen molar-refractivity contribution in [1.82, 2.24) is 20.9 Å². The van der Waals surface area contributed by atoms with Crippen molar-refractivity contribution in [2.45, 2.75) is 112 Å². The molecule has 3 amide bonds. The summed E-state index contributed by atoms with van der Waals surface area (Å²) in [5.41, 5.74) is -3.00. The van der Waals surface area contributed by atoms with Crippen molar-refractivity contribution in [2.24, 2.45) is 0 Å². The molecule has 290 valence electrons. The fourth-order valence-electron chi connectivity index (χ4n) is 4.29. The van der Waals surface area contributed by atoms with Gasteiger partial charge in [0.05, 0.1) is 18.8 Å². The maximum atomic E-state index is 14.9. The molecule has 3 N–H and O–H groups in total. The number of carbonyl (C=O) groups excluding carboxylic acids is 4. The van der Waals surface area contributed by atoms with Crippen LogP contribution < -0.4 is 16.0 Å². The molecule has 2 rings (SSSR count). The van der Waals surface area contributed by atoms with Crippen LogP contribution in [0.1, 0.15) is 98.9 Å². The minimum atomic E-state index is -4.79. The van der Waals surface area contributed by atoms with Crippen LogP contribution in [0.25, 0.3) is 0 Å². The van der Waals surface area contributed by atoms with E-state index in [-0.39, 0.29) is 24.5 Å². The summed E-state index contributed by atoms with van der Waals surface area (Å²) < 4.78 is 65.1. The van der Waals surface area contributed by atoms with Gasteiger partial charge in [0.2, 0.25) is 11.8 Å². The first-order valence-corrected chi connectivity index (χ1v) is 16.8. The highest BCUT2D eigenvalue weighted by Crippen LogP contribution is 2.33. The molecule has 2 aromatic carbocycles. The Morgan fingerprint density at radius 1 is 0.923 bits per heavy atom. The molecule has 0 fully saturated rings. The zero-order valence-corrected chi connectivity index (χ0v) is 32.0. The molecule has 52 heavy (non-hydrogen) atoms. The summed E-state index contributed by atoms with van der Waals surface area (Å²) in [6, 6.07) is 8.17. The Balaban J connectivity index is 0.00000627. The highest BCUT2D eigenvalue weighted by molar-refractivity contribution is 5.94. The third kappa shape index (κ3) is 16.1. The van der Waals surface area contributed by atoms with Gasteiger partial charge < -0.3 is 30.3 Å². The van der Waals surface area contributed by atoms with E-state index in [2.05, 4.69) is 22.5 Å². The van der Waals surface area contributed by atoms with Crippen LogP contribution in [0.2, 0.25) is 0 Å². The average molecular weight is 739 g/mol. The van der Waals surface area contributed by atoms with Gasteiger partial charge in [-0.3, -0.25) is 14.4 Å². The topological polar surface area (TPSA) is 126 Å². The highest BCUT2D eigenvalue weighted by Gasteiger charge is 2.35. The van der Waals surface area contributed by atoms with Crippen LogP contribution in [-0.4, -0.2) is 52.4 Å². The Morgan fingerprint density at radius 2 is 1.50 bits per heavy atom. The van der Waals surface area contributed by atoms with E-state index in [1.165, 1.54) is 27.0 Å². The van der Waals surface area contributed by atoms with Crippen molar-refractivity contribution < 1.29 is 46.2 Å². The molecule has 0 aliphatic carbocycles. The van der Waals surface area contributed by atoms with Crippen LogP contribution >= 0.6 is 0 Å². The summed E-state index contributed by atoms with van der Waals surface area (Å²) in [6.45, 7) is 21.8. The molecule has 14 heteroatoms. The van der Waals surface area contributed by atoms with Gasteiger partial charge in [-0.05, 0) is 72.4 Å². The first-order chi connectivity index (χ1) is 24.1. The number of amides is 3. The zero-order valence-electron chi connectivity index (χ0n) is 32.0. The van der Waals surface area contributed by atoms with E-state index in [1.807, 2.05) is 45.9 Å². The van der Waals surface area contributed by atoms with E-state index < -0.39 is 64.5 Å².